The fraction of sp³-hybridized carbons (Fsp3) is 0.714. The van der Waals surface area contributed by atoms with Gasteiger partial charge >= 0.3 is 5.97 Å². The highest BCUT2D eigenvalue weighted by Gasteiger charge is 2.09. The number of nitrogens with two attached hydrogens (primary N) is 1. The van der Waals surface area contributed by atoms with Crippen molar-refractivity contribution in [2.75, 3.05) is 20.1 Å². The van der Waals surface area contributed by atoms with E-state index in [0.29, 0.717) is 13.0 Å². The summed E-state index contributed by atoms with van der Waals surface area (Å²) in [6, 6.07) is -0.912. The van der Waals surface area contributed by atoms with Gasteiger partial charge in [-0.05, 0) is 0 Å². The number of carboxylic acids is 1. The van der Waals surface area contributed by atoms with Crippen LogP contribution in [0.1, 0.15) is 6.42 Å². The molecule has 5 N–H and O–H groups in total. The molecule has 0 aromatic rings. The molecule has 1 atom stereocenters. The summed E-state index contributed by atoms with van der Waals surface area (Å²) in [6.45, 7) is 0.604. The van der Waals surface area contributed by atoms with E-state index in [2.05, 4.69) is 10.6 Å². The van der Waals surface area contributed by atoms with Gasteiger partial charge in [0.15, 0.2) is 0 Å². The van der Waals surface area contributed by atoms with Crippen LogP contribution in [0.2, 0.25) is 0 Å². The molecule has 0 spiro atoms. The van der Waals surface area contributed by atoms with Crippen molar-refractivity contribution >= 4 is 11.9 Å². The first-order valence-corrected chi connectivity index (χ1v) is 3.97. The van der Waals surface area contributed by atoms with Crippen molar-refractivity contribution in [2.24, 2.45) is 5.73 Å². The number of carbonyl (C=O) groups excluding carboxylic acids is 1. The van der Waals surface area contributed by atoms with Gasteiger partial charge in [0, 0.05) is 26.6 Å². The monoisotopic (exact) mass is 189 g/mol. The van der Waals surface area contributed by atoms with Gasteiger partial charge in [0.2, 0.25) is 5.91 Å². The number of hydrogen-bond acceptors (Lipinski definition) is 4. The SMILES string of the molecule is CNC(=O)CCNCC(N)C(=O)O. The van der Waals surface area contributed by atoms with E-state index < -0.39 is 12.0 Å². The van der Waals surface area contributed by atoms with Crippen LogP contribution >= 0.6 is 0 Å². The molecule has 0 aliphatic carbocycles. The molecule has 0 fully saturated rings. The third-order valence-corrected chi connectivity index (χ3v) is 1.49. The summed E-state index contributed by atoms with van der Waals surface area (Å²) in [6.07, 6.45) is 0.322. The number of nitrogens with one attached hydrogen (secondary N) is 2. The van der Waals surface area contributed by atoms with E-state index >= 15 is 0 Å². The Kier molecular flexibility index (Phi) is 5.82. The molecule has 0 bridgehead atoms. The average Bonchev–Trinajstić information content (AvgIpc) is 2.11. The Hall–Kier alpha value is -1.14. The largest absolute Gasteiger partial charge is 0.480 e. The maximum Gasteiger partial charge on any atom is 0.321 e. The van der Waals surface area contributed by atoms with Gasteiger partial charge in [0.1, 0.15) is 6.04 Å². The topological polar surface area (TPSA) is 104 Å². The van der Waals surface area contributed by atoms with Crippen LogP contribution < -0.4 is 16.4 Å². The van der Waals surface area contributed by atoms with Crippen molar-refractivity contribution in [2.45, 2.75) is 12.5 Å². The third-order valence-electron chi connectivity index (χ3n) is 1.49. The Bertz CT molecular complexity index is 184. The number of aliphatic carboxylic acids is 1. The normalized spacial score (nSPS) is 12.2. The molecule has 0 rings (SSSR count). The molecule has 6 heteroatoms. The molecular weight excluding hydrogens is 174 g/mol. The van der Waals surface area contributed by atoms with Crippen molar-refractivity contribution in [3.8, 4) is 0 Å². The van der Waals surface area contributed by atoms with Gasteiger partial charge in [-0.2, -0.15) is 0 Å². The zero-order chi connectivity index (χ0) is 10.3. The predicted octanol–water partition coefficient (Wildman–Crippen LogP) is -1.88. The van der Waals surface area contributed by atoms with E-state index in [-0.39, 0.29) is 12.5 Å². The van der Waals surface area contributed by atoms with Gasteiger partial charge in [-0.15, -0.1) is 0 Å². The van der Waals surface area contributed by atoms with E-state index in [9.17, 15) is 9.59 Å². The molecule has 0 aliphatic rings. The van der Waals surface area contributed by atoms with Crippen LogP contribution in [0.25, 0.3) is 0 Å². The minimum atomic E-state index is -1.05. The van der Waals surface area contributed by atoms with E-state index in [1.165, 1.54) is 0 Å². The zero-order valence-electron chi connectivity index (χ0n) is 7.54. The van der Waals surface area contributed by atoms with Crippen LogP contribution in [-0.2, 0) is 9.59 Å². The molecule has 1 unspecified atom stereocenters. The highest BCUT2D eigenvalue weighted by atomic mass is 16.4. The first-order chi connectivity index (χ1) is 6.07. The number of rotatable bonds is 6. The van der Waals surface area contributed by atoms with Gasteiger partial charge in [-0.1, -0.05) is 0 Å². The van der Waals surface area contributed by atoms with Crippen LogP contribution in [0.4, 0.5) is 0 Å². The smallest absolute Gasteiger partial charge is 0.321 e. The Morgan fingerprint density at radius 3 is 2.62 bits per heavy atom. The third kappa shape index (κ3) is 6.06. The van der Waals surface area contributed by atoms with Gasteiger partial charge in [-0.25, -0.2) is 0 Å². The lowest BCUT2D eigenvalue weighted by molar-refractivity contribution is -0.138. The maximum absolute atomic E-state index is 10.7. The van der Waals surface area contributed by atoms with Gasteiger partial charge < -0.3 is 21.5 Å². The Morgan fingerprint density at radius 1 is 1.54 bits per heavy atom. The van der Waals surface area contributed by atoms with E-state index in [1.807, 2.05) is 0 Å². The van der Waals surface area contributed by atoms with E-state index in [0.717, 1.165) is 0 Å². The maximum atomic E-state index is 10.7. The summed E-state index contributed by atoms with van der Waals surface area (Å²) in [5, 5.41) is 13.6. The molecule has 0 aromatic heterocycles. The van der Waals surface area contributed by atoms with Crippen molar-refractivity contribution in [3.63, 3.8) is 0 Å². The standard InChI is InChI=1S/C7H15N3O3/c1-9-6(11)2-3-10-4-5(8)7(12)13/h5,10H,2-4,8H2,1H3,(H,9,11)(H,12,13). The molecule has 0 heterocycles. The van der Waals surface area contributed by atoms with Crippen LogP contribution in [0.3, 0.4) is 0 Å². The van der Waals surface area contributed by atoms with Crippen molar-refractivity contribution in [1.82, 2.24) is 10.6 Å². The molecule has 0 saturated carbocycles. The molecule has 0 radical (unpaired) electrons. The summed E-state index contributed by atoms with van der Waals surface area (Å²) in [7, 11) is 1.55. The number of carbonyl (C=O) groups is 2. The lowest BCUT2D eigenvalue weighted by atomic mass is 10.3. The quantitative estimate of drug-likeness (QED) is 0.366. The first-order valence-electron chi connectivity index (χ1n) is 3.97. The van der Waals surface area contributed by atoms with E-state index in [4.69, 9.17) is 10.8 Å². The minimum Gasteiger partial charge on any atom is -0.480 e. The minimum absolute atomic E-state index is 0.0867. The Balaban J connectivity index is 3.35. The highest BCUT2D eigenvalue weighted by Crippen LogP contribution is 1.78. The number of hydrogen-bond donors (Lipinski definition) is 4. The summed E-state index contributed by atoms with van der Waals surface area (Å²) in [5.74, 6) is -1.14. The second kappa shape index (κ2) is 6.38. The van der Waals surface area contributed by atoms with Crippen LogP contribution in [-0.4, -0.2) is 43.2 Å². The van der Waals surface area contributed by atoms with Crippen LogP contribution in [0.15, 0.2) is 0 Å². The molecule has 6 nitrogen and oxygen atoms in total. The van der Waals surface area contributed by atoms with Gasteiger partial charge in [0.05, 0.1) is 0 Å². The second-order valence-corrected chi connectivity index (χ2v) is 2.57. The van der Waals surface area contributed by atoms with Crippen molar-refractivity contribution in [1.29, 1.82) is 0 Å². The molecule has 76 valence electrons. The number of carboxylic acid groups (broad SMARTS) is 1. The van der Waals surface area contributed by atoms with Crippen molar-refractivity contribution < 1.29 is 14.7 Å². The summed E-state index contributed by atoms with van der Waals surface area (Å²) in [5.41, 5.74) is 5.20. The molecule has 13 heavy (non-hydrogen) atoms. The lowest BCUT2D eigenvalue weighted by Gasteiger charge is -2.07. The summed E-state index contributed by atoms with van der Waals surface area (Å²) >= 11 is 0. The van der Waals surface area contributed by atoms with Crippen LogP contribution in [0, 0.1) is 0 Å². The predicted molar refractivity (Wildman–Crippen MR) is 47.2 cm³/mol. The second-order valence-electron chi connectivity index (χ2n) is 2.57. The van der Waals surface area contributed by atoms with Gasteiger partial charge in [-0.3, -0.25) is 9.59 Å². The molecule has 0 aromatic carbocycles. The highest BCUT2D eigenvalue weighted by molar-refractivity contribution is 5.75. The molecule has 0 saturated heterocycles. The summed E-state index contributed by atoms with van der Waals surface area (Å²) in [4.78, 5) is 20.9. The Labute approximate surface area is 76.5 Å². The zero-order valence-corrected chi connectivity index (χ0v) is 7.54. The average molecular weight is 189 g/mol. The van der Waals surface area contributed by atoms with Crippen molar-refractivity contribution in [3.05, 3.63) is 0 Å². The Morgan fingerprint density at radius 2 is 2.15 bits per heavy atom. The first kappa shape index (κ1) is 11.9. The van der Waals surface area contributed by atoms with Crippen LogP contribution in [0.5, 0.6) is 0 Å². The summed E-state index contributed by atoms with van der Waals surface area (Å²) < 4.78 is 0. The lowest BCUT2D eigenvalue weighted by Crippen LogP contribution is -2.41. The molecular formula is C7H15N3O3. The fourth-order valence-corrected chi connectivity index (χ4v) is 0.672. The number of amides is 1. The molecule has 1 amide bonds. The van der Waals surface area contributed by atoms with E-state index in [1.54, 1.807) is 7.05 Å². The molecule has 0 aliphatic heterocycles. The fourth-order valence-electron chi connectivity index (χ4n) is 0.672. The van der Waals surface area contributed by atoms with Gasteiger partial charge in [0.25, 0.3) is 0 Å².